The molecule has 0 amide bonds. The zero-order valence-corrected chi connectivity index (χ0v) is 15.3. The summed E-state index contributed by atoms with van der Waals surface area (Å²) >= 11 is 0. The van der Waals surface area contributed by atoms with E-state index < -0.39 is 0 Å². The molecule has 0 rings (SSSR count). The Labute approximate surface area is 129 Å². The number of hydrogen-bond donors (Lipinski definition) is 0. The lowest BCUT2D eigenvalue weighted by molar-refractivity contribution is 0.226. The highest BCUT2D eigenvalue weighted by Gasteiger charge is 2.22. The van der Waals surface area contributed by atoms with Crippen molar-refractivity contribution in [2.75, 3.05) is 0 Å². The van der Waals surface area contributed by atoms with Crippen LogP contribution in [0.5, 0.6) is 0 Å². The second-order valence-corrected chi connectivity index (χ2v) is 8.17. The minimum atomic E-state index is 0.481. The summed E-state index contributed by atoms with van der Waals surface area (Å²) in [6.45, 7) is 16.6. The van der Waals surface area contributed by atoms with Crippen LogP contribution in [0.2, 0.25) is 0 Å². The first kappa shape index (κ1) is 19.7. The van der Waals surface area contributed by atoms with Crippen LogP contribution in [0.15, 0.2) is 12.2 Å². The molecule has 0 aliphatic carbocycles. The summed E-state index contributed by atoms with van der Waals surface area (Å²) in [6.07, 6.45) is 14.2. The molecule has 0 aromatic rings. The Morgan fingerprint density at radius 3 is 2.05 bits per heavy atom. The fourth-order valence-corrected chi connectivity index (χ4v) is 3.48. The van der Waals surface area contributed by atoms with E-state index in [1.54, 1.807) is 0 Å². The highest BCUT2D eigenvalue weighted by molar-refractivity contribution is 4.88. The average molecular weight is 281 g/mol. The SMILES string of the molecule is CCC=CC(C)CC(C)(C)CC(C)CCCCC(C)C. The minimum Gasteiger partial charge on any atom is -0.0885 e. The summed E-state index contributed by atoms with van der Waals surface area (Å²) in [7, 11) is 0. The average Bonchev–Trinajstić information content (AvgIpc) is 2.30. The van der Waals surface area contributed by atoms with Crippen LogP contribution in [0.1, 0.15) is 93.4 Å². The smallest absolute Gasteiger partial charge is 0.0257 e. The van der Waals surface area contributed by atoms with Gasteiger partial charge in [0, 0.05) is 0 Å². The molecule has 0 nitrogen and oxygen atoms in total. The number of unbranched alkanes of at least 4 members (excludes halogenated alkanes) is 1. The van der Waals surface area contributed by atoms with Gasteiger partial charge in [-0.15, -0.1) is 0 Å². The number of rotatable bonds is 11. The van der Waals surface area contributed by atoms with Gasteiger partial charge in [-0.25, -0.2) is 0 Å². The molecule has 0 saturated carbocycles. The third-order valence-corrected chi connectivity index (χ3v) is 4.20. The van der Waals surface area contributed by atoms with Gasteiger partial charge in [0.1, 0.15) is 0 Å². The zero-order valence-electron chi connectivity index (χ0n) is 15.3. The van der Waals surface area contributed by atoms with Gasteiger partial charge in [-0.3, -0.25) is 0 Å². The molecular weight excluding hydrogens is 240 g/mol. The fraction of sp³-hybridized carbons (Fsp3) is 0.900. The van der Waals surface area contributed by atoms with Gasteiger partial charge in [-0.05, 0) is 42.4 Å². The van der Waals surface area contributed by atoms with Gasteiger partial charge in [-0.2, -0.15) is 0 Å². The van der Waals surface area contributed by atoms with E-state index in [-0.39, 0.29) is 0 Å². The molecule has 0 spiro atoms. The Morgan fingerprint density at radius 1 is 0.900 bits per heavy atom. The first-order valence-electron chi connectivity index (χ1n) is 8.93. The number of allylic oxidation sites excluding steroid dienone is 2. The lowest BCUT2D eigenvalue weighted by Crippen LogP contribution is -2.18. The molecule has 2 unspecified atom stereocenters. The van der Waals surface area contributed by atoms with Gasteiger partial charge in [0.15, 0.2) is 0 Å². The molecular formula is C20H40. The van der Waals surface area contributed by atoms with E-state index in [1.165, 1.54) is 38.5 Å². The summed E-state index contributed by atoms with van der Waals surface area (Å²) in [4.78, 5) is 0. The molecule has 0 radical (unpaired) electrons. The van der Waals surface area contributed by atoms with E-state index in [2.05, 4.69) is 60.6 Å². The summed E-state index contributed by atoms with van der Waals surface area (Å²) in [5.41, 5.74) is 0.481. The van der Waals surface area contributed by atoms with Crippen LogP contribution >= 0.6 is 0 Å². The summed E-state index contributed by atoms with van der Waals surface area (Å²) in [5.74, 6) is 2.46. The highest BCUT2D eigenvalue weighted by atomic mass is 14.3. The van der Waals surface area contributed by atoms with Crippen molar-refractivity contribution < 1.29 is 0 Å². The van der Waals surface area contributed by atoms with Gasteiger partial charge in [-0.1, -0.05) is 86.3 Å². The molecule has 0 aliphatic heterocycles. The van der Waals surface area contributed by atoms with Crippen molar-refractivity contribution in [3.05, 3.63) is 12.2 Å². The largest absolute Gasteiger partial charge is 0.0885 e. The van der Waals surface area contributed by atoms with E-state index in [9.17, 15) is 0 Å². The van der Waals surface area contributed by atoms with Crippen molar-refractivity contribution in [3.8, 4) is 0 Å². The third-order valence-electron chi connectivity index (χ3n) is 4.20. The fourth-order valence-electron chi connectivity index (χ4n) is 3.48. The molecule has 0 aliphatic rings. The molecule has 0 aromatic heterocycles. The van der Waals surface area contributed by atoms with Gasteiger partial charge >= 0.3 is 0 Å². The summed E-state index contributed by atoms with van der Waals surface area (Å²) in [6, 6.07) is 0. The van der Waals surface area contributed by atoms with Crippen molar-refractivity contribution in [1.29, 1.82) is 0 Å². The predicted octanol–water partition coefficient (Wildman–Crippen LogP) is 7.25. The monoisotopic (exact) mass is 280 g/mol. The molecule has 20 heavy (non-hydrogen) atoms. The maximum atomic E-state index is 2.45. The van der Waals surface area contributed by atoms with E-state index in [0.29, 0.717) is 5.41 Å². The van der Waals surface area contributed by atoms with Gasteiger partial charge in [0.05, 0.1) is 0 Å². The lowest BCUT2D eigenvalue weighted by Gasteiger charge is -2.30. The third kappa shape index (κ3) is 11.6. The van der Waals surface area contributed by atoms with Crippen LogP contribution in [-0.4, -0.2) is 0 Å². The second kappa shape index (κ2) is 10.5. The molecule has 0 aromatic carbocycles. The van der Waals surface area contributed by atoms with Crippen LogP contribution in [0.4, 0.5) is 0 Å². The Bertz CT molecular complexity index is 247. The van der Waals surface area contributed by atoms with E-state index >= 15 is 0 Å². The van der Waals surface area contributed by atoms with Crippen LogP contribution in [0.3, 0.4) is 0 Å². The van der Waals surface area contributed by atoms with Crippen LogP contribution in [0, 0.1) is 23.2 Å². The standard InChI is InChI=1S/C20H40/c1-8-9-13-18(4)15-20(6,7)16-19(5)14-11-10-12-17(2)3/h9,13,17-19H,8,10-12,14-16H2,1-7H3. The van der Waals surface area contributed by atoms with Crippen LogP contribution in [-0.2, 0) is 0 Å². The van der Waals surface area contributed by atoms with Crippen molar-refractivity contribution in [3.63, 3.8) is 0 Å². The van der Waals surface area contributed by atoms with Crippen LogP contribution in [0.25, 0.3) is 0 Å². The van der Waals surface area contributed by atoms with Crippen LogP contribution < -0.4 is 0 Å². The maximum absolute atomic E-state index is 2.45. The summed E-state index contributed by atoms with van der Waals surface area (Å²) < 4.78 is 0. The molecule has 0 N–H and O–H groups in total. The normalized spacial score (nSPS) is 16.0. The summed E-state index contributed by atoms with van der Waals surface area (Å²) in [5, 5.41) is 0. The Kier molecular flexibility index (Phi) is 10.3. The molecule has 0 heterocycles. The Hall–Kier alpha value is -0.260. The van der Waals surface area contributed by atoms with Crippen molar-refractivity contribution in [2.24, 2.45) is 23.2 Å². The molecule has 2 atom stereocenters. The quantitative estimate of drug-likeness (QED) is 0.276. The molecule has 0 saturated heterocycles. The topological polar surface area (TPSA) is 0 Å². The first-order valence-corrected chi connectivity index (χ1v) is 8.93. The van der Waals surface area contributed by atoms with Gasteiger partial charge < -0.3 is 0 Å². The van der Waals surface area contributed by atoms with Crippen molar-refractivity contribution in [1.82, 2.24) is 0 Å². The van der Waals surface area contributed by atoms with E-state index in [0.717, 1.165) is 24.2 Å². The Morgan fingerprint density at radius 2 is 1.50 bits per heavy atom. The maximum Gasteiger partial charge on any atom is -0.0257 e. The molecule has 120 valence electrons. The van der Waals surface area contributed by atoms with E-state index in [4.69, 9.17) is 0 Å². The van der Waals surface area contributed by atoms with E-state index in [1.807, 2.05) is 0 Å². The highest BCUT2D eigenvalue weighted by Crippen LogP contribution is 2.34. The number of hydrogen-bond acceptors (Lipinski definition) is 0. The predicted molar refractivity (Wildman–Crippen MR) is 94.1 cm³/mol. The van der Waals surface area contributed by atoms with Gasteiger partial charge in [0.25, 0.3) is 0 Å². The molecule has 0 fully saturated rings. The Balaban J connectivity index is 3.95. The van der Waals surface area contributed by atoms with Gasteiger partial charge in [0.2, 0.25) is 0 Å². The van der Waals surface area contributed by atoms with Crippen molar-refractivity contribution in [2.45, 2.75) is 93.4 Å². The second-order valence-electron chi connectivity index (χ2n) is 8.17. The molecule has 0 bridgehead atoms. The minimum absolute atomic E-state index is 0.481. The van der Waals surface area contributed by atoms with Crippen molar-refractivity contribution >= 4 is 0 Å². The lowest BCUT2D eigenvalue weighted by atomic mass is 9.76. The zero-order chi connectivity index (χ0) is 15.6. The molecule has 0 heteroatoms. The first-order chi connectivity index (χ1) is 9.26.